The van der Waals surface area contributed by atoms with Gasteiger partial charge < -0.3 is 29.9 Å². The summed E-state index contributed by atoms with van der Waals surface area (Å²) in [5.74, 6) is -0.957. The first-order valence-electron chi connectivity index (χ1n) is 15.1. The molecule has 226 valence electrons. The molecule has 5 saturated carbocycles. The predicted molar refractivity (Wildman–Crippen MR) is 145 cm³/mol. The third-order valence-corrected chi connectivity index (χ3v) is 11.7. The van der Waals surface area contributed by atoms with Gasteiger partial charge in [0.05, 0.1) is 19.7 Å². The van der Waals surface area contributed by atoms with Crippen molar-refractivity contribution in [2.75, 3.05) is 25.5 Å². The quantitative estimate of drug-likeness (QED) is 0.535. The Morgan fingerprint density at radius 2 is 2.02 bits per heavy atom. The Balaban J connectivity index is 1.13. The second-order valence-electron chi connectivity index (χ2n) is 13.7. The second kappa shape index (κ2) is 9.03. The molecule has 43 heavy (non-hydrogen) atoms. The zero-order valence-corrected chi connectivity index (χ0v) is 23.7. The van der Waals surface area contributed by atoms with E-state index in [4.69, 9.17) is 9.47 Å². The predicted octanol–water partition coefficient (Wildman–Crippen LogP) is 1.62. The summed E-state index contributed by atoms with van der Waals surface area (Å²) < 4.78 is 26.2. The van der Waals surface area contributed by atoms with Gasteiger partial charge in [-0.15, -0.1) is 0 Å². The van der Waals surface area contributed by atoms with E-state index < -0.39 is 53.7 Å². The summed E-state index contributed by atoms with van der Waals surface area (Å²) in [7, 11) is 1.24. The number of nitriles is 1. The molecule has 4 bridgehead atoms. The molecule has 2 saturated heterocycles. The number of alkyl carbamates (subject to hydrolysis) is 1. The molecule has 2 N–H and O–H groups in total. The molecule has 12 nitrogen and oxygen atoms in total. The minimum Gasteiger partial charge on any atom is -0.472 e. The van der Waals surface area contributed by atoms with Gasteiger partial charge in [0.15, 0.2) is 11.6 Å². The first-order valence-corrected chi connectivity index (χ1v) is 15.1. The molecular formula is C30H33FN6O6. The SMILES string of the molecule is COC(=O)N[C@H](C(=O)N1C[C@@H]2[C@H]3C[C@@H]([C@@H]2[C@H]1C(=O)N1C[C@@]2(C[C@H]1C#N)Oc1cccnc1NC2=O)[C@H](F)C3)C12CC(C1)C2. The van der Waals surface area contributed by atoms with Crippen LogP contribution in [-0.2, 0) is 19.1 Å². The maximum atomic E-state index is 15.2. The van der Waals surface area contributed by atoms with E-state index in [0.29, 0.717) is 31.1 Å². The van der Waals surface area contributed by atoms with Crippen molar-refractivity contribution >= 4 is 29.6 Å². The van der Waals surface area contributed by atoms with Crippen molar-refractivity contribution in [2.24, 2.45) is 35.0 Å². The lowest BCUT2D eigenvalue weighted by Gasteiger charge is -2.64. The molecule has 1 aromatic rings. The summed E-state index contributed by atoms with van der Waals surface area (Å²) in [5, 5.41) is 15.7. The number of hydrogen-bond donors (Lipinski definition) is 2. The van der Waals surface area contributed by atoms with Crippen LogP contribution in [0.4, 0.5) is 15.0 Å². The molecule has 5 aliphatic carbocycles. The Hall–Kier alpha value is -3.95. The molecule has 0 aromatic carbocycles. The first-order chi connectivity index (χ1) is 20.7. The van der Waals surface area contributed by atoms with Crippen LogP contribution in [-0.4, -0.2) is 88.7 Å². The van der Waals surface area contributed by atoms with E-state index in [1.54, 1.807) is 17.0 Å². The molecule has 4 heterocycles. The van der Waals surface area contributed by atoms with Crippen molar-refractivity contribution in [1.82, 2.24) is 20.1 Å². The molecule has 3 aliphatic heterocycles. The Labute approximate surface area is 247 Å². The number of nitrogens with one attached hydrogen (secondary N) is 2. The van der Waals surface area contributed by atoms with E-state index in [1.807, 2.05) is 0 Å². The number of nitrogens with zero attached hydrogens (tertiary/aromatic N) is 4. The Morgan fingerprint density at radius 1 is 1.23 bits per heavy atom. The summed E-state index contributed by atoms with van der Waals surface area (Å²) in [6.07, 6.45) is 3.22. The van der Waals surface area contributed by atoms with E-state index in [9.17, 15) is 24.4 Å². The number of halogens is 1. The Morgan fingerprint density at radius 3 is 2.72 bits per heavy atom. The molecule has 0 radical (unpaired) electrons. The van der Waals surface area contributed by atoms with Gasteiger partial charge in [-0.05, 0) is 73.8 Å². The van der Waals surface area contributed by atoms with Crippen molar-refractivity contribution in [3.63, 3.8) is 0 Å². The van der Waals surface area contributed by atoms with E-state index in [0.717, 1.165) is 19.3 Å². The summed E-state index contributed by atoms with van der Waals surface area (Å²) in [6.45, 7) is 0.0988. The van der Waals surface area contributed by atoms with Crippen LogP contribution in [0.3, 0.4) is 0 Å². The van der Waals surface area contributed by atoms with Crippen LogP contribution in [0.2, 0.25) is 0 Å². The molecule has 4 amide bonds. The topological polar surface area (TPSA) is 154 Å². The van der Waals surface area contributed by atoms with Gasteiger partial charge in [-0.25, -0.2) is 14.2 Å². The van der Waals surface area contributed by atoms with E-state index in [2.05, 4.69) is 21.7 Å². The normalized spacial score (nSPS) is 41.7. The van der Waals surface area contributed by atoms with Crippen molar-refractivity contribution < 1.29 is 33.0 Å². The van der Waals surface area contributed by atoms with E-state index in [1.165, 1.54) is 18.2 Å². The highest BCUT2D eigenvalue weighted by Crippen LogP contribution is 2.67. The first kappa shape index (κ1) is 26.7. The minimum atomic E-state index is -1.50. The average Bonchev–Trinajstić information content (AvgIpc) is 3.70. The van der Waals surface area contributed by atoms with Crippen LogP contribution >= 0.6 is 0 Å². The zero-order valence-electron chi connectivity index (χ0n) is 23.7. The second-order valence-corrected chi connectivity index (χ2v) is 13.7. The number of likely N-dealkylation sites (tertiary alicyclic amines) is 2. The fraction of sp³-hybridized carbons (Fsp3) is 0.667. The van der Waals surface area contributed by atoms with Crippen LogP contribution in [0, 0.1) is 46.3 Å². The van der Waals surface area contributed by atoms with Gasteiger partial charge in [0.25, 0.3) is 5.91 Å². The van der Waals surface area contributed by atoms with E-state index in [-0.39, 0.29) is 47.9 Å². The van der Waals surface area contributed by atoms with Gasteiger partial charge >= 0.3 is 6.09 Å². The van der Waals surface area contributed by atoms with Crippen LogP contribution in [0.15, 0.2) is 18.3 Å². The molecule has 7 fully saturated rings. The molecular weight excluding hydrogens is 559 g/mol. The van der Waals surface area contributed by atoms with Gasteiger partial charge in [-0.1, -0.05) is 0 Å². The van der Waals surface area contributed by atoms with E-state index >= 15 is 4.39 Å². The Bertz CT molecular complexity index is 1470. The zero-order chi connectivity index (χ0) is 29.8. The molecule has 9 atom stereocenters. The van der Waals surface area contributed by atoms with Crippen LogP contribution in [0.1, 0.15) is 38.5 Å². The summed E-state index contributed by atoms with van der Waals surface area (Å²) in [5.41, 5.74) is -1.87. The average molecular weight is 593 g/mol. The van der Waals surface area contributed by atoms with Gasteiger partial charge in [0.1, 0.15) is 24.3 Å². The monoisotopic (exact) mass is 592 g/mol. The molecule has 8 aliphatic rings. The highest BCUT2D eigenvalue weighted by Gasteiger charge is 2.68. The highest BCUT2D eigenvalue weighted by molar-refractivity contribution is 6.01. The maximum absolute atomic E-state index is 15.2. The lowest BCUT2D eigenvalue weighted by Crippen LogP contribution is -2.69. The molecule has 13 heteroatoms. The number of amides is 4. The number of hydrogen-bond acceptors (Lipinski definition) is 8. The number of rotatable bonds is 4. The maximum Gasteiger partial charge on any atom is 0.407 e. The fourth-order valence-corrected chi connectivity index (χ4v) is 9.64. The summed E-state index contributed by atoms with van der Waals surface area (Å²) in [6, 6.07) is 2.64. The minimum absolute atomic E-state index is 0.0500. The van der Waals surface area contributed by atoms with Gasteiger partial charge in [-0.3, -0.25) is 14.4 Å². The van der Waals surface area contributed by atoms with Gasteiger partial charge in [0.2, 0.25) is 17.4 Å². The number of alkyl halides is 1. The standard InChI is InChI=1S/C30H33FN6O6/c1-42-28(41)34-23(29-7-14(8-29)9-29)26(39)36-12-18-15-5-17(19(31)6-15)21(18)22(36)25(38)37-13-30(10-16(37)11-32)27(40)35-24-20(43-30)3-2-4-33-24/h2-4,14-19,21-23H,5-10,12-13H2,1H3,(H,34,41)(H,33,35,40)/t14?,15-,16-,17+,18+,19+,21-,22-,23+,29?,30+/m0/s1. The third kappa shape index (κ3) is 3.61. The number of pyridine rings is 1. The molecule has 1 spiro atoms. The van der Waals surface area contributed by atoms with Crippen molar-refractivity contribution in [2.45, 2.75) is 68.4 Å². The number of aromatic nitrogens is 1. The summed E-state index contributed by atoms with van der Waals surface area (Å²) in [4.78, 5) is 61.8. The molecule has 0 unspecified atom stereocenters. The molecule has 9 rings (SSSR count). The van der Waals surface area contributed by atoms with Crippen molar-refractivity contribution in [3.8, 4) is 11.8 Å². The number of ether oxygens (including phenoxy) is 2. The number of fused-ring (bicyclic) bond motifs is 6. The molecule has 1 aromatic heterocycles. The smallest absolute Gasteiger partial charge is 0.407 e. The van der Waals surface area contributed by atoms with Crippen molar-refractivity contribution in [1.29, 1.82) is 5.26 Å². The number of methoxy groups -OCH3 is 1. The number of anilines is 1. The highest BCUT2D eigenvalue weighted by atomic mass is 19.1. The lowest BCUT2D eigenvalue weighted by atomic mass is 9.41. The number of carbonyl (C=O) groups is 4. The number of carbonyl (C=O) groups excluding carboxylic acids is 4. The van der Waals surface area contributed by atoms with Crippen LogP contribution < -0.4 is 15.4 Å². The van der Waals surface area contributed by atoms with Crippen LogP contribution in [0.5, 0.6) is 5.75 Å². The third-order valence-electron chi connectivity index (χ3n) is 11.7. The summed E-state index contributed by atoms with van der Waals surface area (Å²) >= 11 is 0. The fourth-order valence-electron chi connectivity index (χ4n) is 9.64. The largest absolute Gasteiger partial charge is 0.472 e. The van der Waals surface area contributed by atoms with Crippen LogP contribution in [0.25, 0.3) is 0 Å². The van der Waals surface area contributed by atoms with Crippen molar-refractivity contribution in [3.05, 3.63) is 18.3 Å². The lowest BCUT2D eigenvalue weighted by molar-refractivity contribution is -0.167. The van der Waals surface area contributed by atoms with Gasteiger partial charge in [-0.2, -0.15) is 5.26 Å². The Kier molecular flexibility index (Phi) is 5.60. The van der Waals surface area contributed by atoms with Gasteiger partial charge in [0, 0.05) is 24.6 Å².